The van der Waals surface area contributed by atoms with E-state index in [1.165, 1.54) is 0 Å². The minimum atomic E-state index is -0.971. The second-order valence-corrected chi connectivity index (χ2v) is 8.58. The number of allylic oxidation sites excluding steroid dienone is 1. The van der Waals surface area contributed by atoms with Gasteiger partial charge in [-0.05, 0) is 70.7 Å². The van der Waals surface area contributed by atoms with Crippen molar-refractivity contribution in [3.8, 4) is 11.5 Å². The van der Waals surface area contributed by atoms with Gasteiger partial charge in [0.15, 0.2) is 0 Å². The molecule has 5 nitrogen and oxygen atoms in total. The maximum Gasteiger partial charge on any atom is 0.328 e. The average Bonchev–Trinajstić information content (AvgIpc) is 3.40. The molecule has 0 atom stereocenters. The highest BCUT2D eigenvalue weighted by molar-refractivity contribution is 6.01. The molecule has 182 valence electrons. The van der Waals surface area contributed by atoms with E-state index in [4.69, 9.17) is 9.84 Å². The van der Waals surface area contributed by atoms with E-state index in [0.717, 1.165) is 68.3 Å². The van der Waals surface area contributed by atoms with Gasteiger partial charge in [-0.25, -0.2) is 4.79 Å². The first-order valence-electron chi connectivity index (χ1n) is 12.1. The lowest BCUT2D eigenvalue weighted by Gasteiger charge is -2.19. The number of aliphatic carboxylic acids is 1. The van der Waals surface area contributed by atoms with Gasteiger partial charge in [0, 0.05) is 17.0 Å². The first-order valence-corrected chi connectivity index (χ1v) is 12.1. The zero-order chi connectivity index (χ0) is 25.6. The van der Waals surface area contributed by atoms with Gasteiger partial charge in [0.2, 0.25) is 0 Å². The van der Waals surface area contributed by atoms with Crippen LogP contribution in [0.2, 0.25) is 0 Å². The highest BCUT2D eigenvalue weighted by atomic mass is 16.5. The molecule has 0 spiro atoms. The van der Waals surface area contributed by atoms with Crippen LogP contribution in [0.5, 0.6) is 11.5 Å². The molecule has 0 saturated heterocycles. The Labute approximate surface area is 215 Å². The van der Waals surface area contributed by atoms with E-state index in [-0.39, 0.29) is 0 Å². The summed E-state index contributed by atoms with van der Waals surface area (Å²) >= 11 is 0. The Kier molecular flexibility index (Phi) is 6.95. The maximum absolute atomic E-state index is 11.0. The van der Waals surface area contributed by atoms with Crippen LogP contribution in [0, 0.1) is 0 Å². The third kappa shape index (κ3) is 5.36. The smallest absolute Gasteiger partial charge is 0.328 e. The van der Waals surface area contributed by atoms with Gasteiger partial charge >= 0.3 is 5.97 Å². The van der Waals surface area contributed by atoms with Crippen LogP contribution in [0.15, 0.2) is 109 Å². The molecule has 0 radical (unpaired) electrons. The van der Waals surface area contributed by atoms with Gasteiger partial charge in [-0.2, -0.15) is 5.10 Å². The number of aromatic nitrogens is 2. The molecule has 0 aliphatic rings. The van der Waals surface area contributed by atoms with Gasteiger partial charge in [-0.3, -0.25) is 5.10 Å². The Morgan fingerprint density at radius 2 is 1.65 bits per heavy atom. The van der Waals surface area contributed by atoms with Crippen LogP contribution < -0.4 is 4.74 Å². The summed E-state index contributed by atoms with van der Waals surface area (Å²) in [7, 11) is 0. The van der Waals surface area contributed by atoms with E-state index >= 15 is 0 Å². The number of carbonyl (C=O) groups is 1. The summed E-state index contributed by atoms with van der Waals surface area (Å²) in [5.41, 5.74) is 7.14. The fourth-order valence-electron chi connectivity index (χ4n) is 4.46. The average molecular weight is 487 g/mol. The number of rotatable bonds is 8. The van der Waals surface area contributed by atoms with Crippen molar-refractivity contribution >= 4 is 34.1 Å². The second kappa shape index (κ2) is 10.8. The zero-order valence-electron chi connectivity index (χ0n) is 20.4. The van der Waals surface area contributed by atoms with E-state index in [2.05, 4.69) is 35.3 Å². The molecule has 1 aromatic heterocycles. The molecule has 0 fully saturated rings. The van der Waals surface area contributed by atoms with Crippen LogP contribution in [0.3, 0.4) is 0 Å². The summed E-state index contributed by atoms with van der Waals surface area (Å²) in [5, 5.41) is 17.2. The number of para-hydroxylation sites is 2. The number of carboxylic acid groups (broad SMARTS) is 1. The topological polar surface area (TPSA) is 75.2 Å². The van der Waals surface area contributed by atoms with E-state index in [0.29, 0.717) is 0 Å². The maximum atomic E-state index is 11.0. The molecule has 5 aromatic rings. The number of nitrogens with one attached hydrogen (secondary N) is 1. The minimum Gasteiger partial charge on any atom is -0.478 e. The Morgan fingerprint density at radius 3 is 2.41 bits per heavy atom. The number of ether oxygens (including phenoxy) is 1. The summed E-state index contributed by atoms with van der Waals surface area (Å²) in [5.74, 6) is 0.594. The molecule has 37 heavy (non-hydrogen) atoms. The minimum absolute atomic E-state index is 0.772. The van der Waals surface area contributed by atoms with Gasteiger partial charge in [0.25, 0.3) is 0 Å². The summed E-state index contributed by atoms with van der Waals surface area (Å²) < 4.78 is 6.33. The molecule has 2 N–H and O–H groups in total. The lowest BCUT2D eigenvalue weighted by atomic mass is 9.87. The lowest BCUT2D eigenvalue weighted by Crippen LogP contribution is -1.98. The lowest BCUT2D eigenvalue weighted by molar-refractivity contribution is -0.131. The molecule has 0 saturated carbocycles. The van der Waals surface area contributed by atoms with Crippen LogP contribution in [-0.4, -0.2) is 21.3 Å². The highest BCUT2D eigenvalue weighted by Gasteiger charge is 2.17. The normalized spacial score (nSPS) is 12.0. The van der Waals surface area contributed by atoms with Gasteiger partial charge in [0.1, 0.15) is 11.5 Å². The first kappa shape index (κ1) is 23.8. The fourth-order valence-corrected chi connectivity index (χ4v) is 4.46. The van der Waals surface area contributed by atoms with Crippen molar-refractivity contribution in [3.63, 3.8) is 0 Å². The first-order chi connectivity index (χ1) is 18.1. The summed E-state index contributed by atoms with van der Waals surface area (Å²) in [4.78, 5) is 11.0. The largest absolute Gasteiger partial charge is 0.478 e. The Morgan fingerprint density at radius 1 is 0.919 bits per heavy atom. The van der Waals surface area contributed by atoms with E-state index in [1.54, 1.807) is 6.08 Å². The van der Waals surface area contributed by atoms with Crippen molar-refractivity contribution in [2.45, 2.75) is 13.3 Å². The summed E-state index contributed by atoms with van der Waals surface area (Å²) in [6.45, 7) is 2.15. The third-order valence-corrected chi connectivity index (χ3v) is 6.19. The number of benzene rings is 4. The molecule has 5 heteroatoms. The van der Waals surface area contributed by atoms with Crippen LogP contribution in [0.1, 0.15) is 35.6 Å². The van der Waals surface area contributed by atoms with Crippen LogP contribution >= 0.6 is 0 Å². The quantitative estimate of drug-likeness (QED) is 0.173. The molecule has 4 aromatic carbocycles. The van der Waals surface area contributed by atoms with Crippen LogP contribution in [0.4, 0.5) is 0 Å². The molecule has 0 unspecified atom stereocenters. The highest BCUT2D eigenvalue weighted by Crippen LogP contribution is 2.40. The summed E-state index contributed by atoms with van der Waals surface area (Å²) in [6, 6.07) is 32.1. The molecule has 0 bridgehead atoms. The van der Waals surface area contributed by atoms with Crippen molar-refractivity contribution in [2.75, 3.05) is 0 Å². The molecule has 0 aliphatic carbocycles. The molecule has 0 amide bonds. The molecule has 5 rings (SSSR count). The van der Waals surface area contributed by atoms with Gasteiger partial charge in [0.05, 0.1) is 11.7 Å². The molecular weight excluding hydrogens is 460 g/mol. The Bertz CT molecular complexity index is 1600. The Hall–Kier alpha value is -4.90. The predicted octanol–water partition coefficient (Wildman–Crippen LogP) is 7.82. The Balaban J connectivity index is 1.69. The van der Waals surface area contributed by atoms with Crippen molar-refractivity contribution < 1.29 is 14.6 Å². The number of fused-ring (bicyclic) bond motifs is 1. The number of hydrogen-bond donors (Lipinski definition) is 2. The predicted molar refractivity (Wildman–Crippen MR) is 148 cm³/mol. The molecular formula is C32H26N2O3. The fraction of sp³-hybridized carbons (Fsp3) is 0.0625. The molecule has 1 heterocycles. The zero-order valence-corrected chi connectivity index (χ0v) is 20.4. The third-order valence-electron chi connectivity index (χ3n) is 6.19. The van der Waals surface area contributed by atoms with Crippen LogP contribution in [-0.2, 0) is 4.79 Å². The van der Waals surface area contributed by atoms with Gasteiger partial charge < -0.3 is 9.84 Å². The number of nitrogens with zero attached hydrogens (tertiary/aromatic N) is 1. The van der Waals surface area contributed by atoms with Crippen molar-refractivity contribution in [1.82, 2.24) is 10.2 Å². The van der Waals surface area contributed by atoms with Crippen LogP contribution in [0.25, 0.3) is 28.1 Å². The van der Waals surface area contributed by atoms with E-state index in [9.17, 15) is 4.79 Å². The van der Waals surface area contributed by atoms with Gasteiger partial charge in [-0.15, -0.1) is 0 Å². The number of carboxylic acids is 1. The summed E-state index contributed by atoms with van der Waals surface area (Å²) in [6.07, 6.45) is 5.34. The number of aromatic amines is 1. The number of hydrogen-bond acceptors (Lipinski definition) is 3. The van der Waals surface area contributed by atoms with Crippen molar-refractivity contribution in [2.24, 2.45) is 0 Å². The SMILES string of the molecule is CC/C(=C(/c1ccc(/C=C/C(=O)O)cc1)c1ccc2[nH]ncc2c1)c1ccccc1Oc1ccccc1. The number of H-pyrrole nitrogens is 1. The van der Waals surface area contributed by atoms with Crippen molar-refractivity contribution in [3.05, 3.63) is 132 Å². The molecule has 0 aliphatic heterocycles. The van der Waals surface area contributed by atoms with E-state index < -0.39 is 5.97 Å². The van der Waals surface area contributed by atoms with E-state index in [1.807, 2.05) is 85.1 Å². The van der Waals surface area contributed by atoms with Gasteiger partial charge in [-0.1, -0.05) is 73.7 Å². The van der Waals surface area contributed by atoms with Crippen molar-refractivity contribution in [1.29, 1.82) is 0 Å². The second-order valence-electron chi connectivity index (χ2n) is 8.58. The monoisotopic (exact) mass is 486 g/mol. The standard InChI is InChI=1S/C32H26N2O3/c1-2-27(28-10-6-7-11-30(28)37-26-8-4-3-5-9-26)32(24-17-18-29-25(20-24)21-33-34-29)23-15-12-22(13-16-23)14-19-31(35)36/h3-21H,2H2,1H3,(H,33,34)(H,35,36)/b19-14+,32-27+.